The van der Waals surface area contributed by atoms with Gasteiger partial charge in [0.2, 0.25) is 5.95 Å². The predicted octanol–water partition coefficient (Wildman–Crippen LogP) is 4.19. The number of rotatable bonds is 5. The first kappa shape index (κ1) is 15.2. The van der Waals surface area contributed by atoms with Crippen LogP contribution >= 0.6 is 11.6 Å². The lowest BCUT2D eigenvalue weighted by Crippen LogP contribution is -2.06. The maximum absolute atomic E-state index is 5.97. The number of nitrogens with zero attached hydrogens (tertiary/aromatic N) is 3. The largest absolute Gasteiger partial charge is 0.349 e. The highest BCUT2D eigenvalue weighted by Crippen LogP contribution is 2.18. The zero-order valence-electron chi connectivity index (χ0n) is 12.6. The van der Waals surface area contributed by atoms with Crippen molar-refractivity contribution in [3.05, 3.63) is 70.9 Å². The second kappa shape index (κ2) is 7.07. The van der Waals surface area contributed by atoms with Crippen LogP contribution in [0.3, 0.4) is 0 Å². The number of nitrogens with one attached hydrogen (secondary N) is 2. The van der Waals surface area contributed by atoms with Crippen molar-refractivity contribution in [1.82, 2.24) is 15.2 Å². The summed E-state index contributed by atoms with van der Waals surface area (Å²) in [5.74, 6) is 1.08. The van der Waals surface area contributed by atoms with Crippen LogP contribution in [0.5, 0.6) is 0 Å². The molecule has 3 aromatic rings. The standard InChI is InChI=1S/C17H16ClN5/c1-12-5-7-13(8-6-12)10-19-17-22-16(11-20-23-17)21-15-4-2-3-14(18)9-15/h2-9,11H,10H2,1H3,(H2,19,21,22,23). The normalized spacial score (nSPS) is 10.3. The third-order valence-electron chi connectivity index (χ3n) is 3.23. The Labute approximate surface area is 139 Å². The first-order valence-electron chi connectivity index (χ1n) is 7.21. The average molecular weight is 326 g/mol. The van der Waals surface area contributed by atoms with Gasteiger partial charge in [-0.1, -0.05) is 47.5 Å². The Morgan fingerprint density at radius 2 is 1.91 bits per heavy atom. The SMILES string of the molecule is Cc1ccc(CNc2nncc(Nc3cccc(Cl)c3)n2)cc1. The molecule has 0 fully saturated rings. The van der Waals surface area contributed by atoms with E-state index in [2.05, 4.69) is 57.0 Å². The minimum absolute atomic E-state index is 0.470. The number of hydrogen-bond acceptors (Lipinski definition) is 5. The van der Waals surface area contributed by atoms with Crippen molar-refractivity contribution < 1.29 is 0 Å². The molecule has 0 aliphatic rings. The molecule has 0 unspecified atom stereocenters. The van der Waals surface area contributed by atoms with Crippen molar-refractivity contribution in [3.63, 3.8) is 0 Å². The van der Waals surface area contributed by atoms with Crippen molar-refractivity contribution in [3.8, 4) is 0 Å². The maximum Gasteiger partial charge on any atom is 0.244 e. The van der Waals surface area contributed by atoms with Crippen molar-refractivity contribution in [2.45, 2.75) is 13.5 Å². The fourth-order valence-electron chi connectivity index (χ4n) is 2.04. The van der Waals surface area contributed by atoms with Gasteiger partial charge in [0.15, 0.2) is 5.82 Å². The topological polar surface area (TPSA) is 62.7 Å². The molecule has 0 atom stereocenters. The second-order valence-electron chi connectivity index (χ2n) is 5.14. The third-order valence-corrected chi connectivity index (χ3v) is 3.46. The van der Waals surface area contributed by atoms with Gasteiger partial charge in [-0.3, -0.25) is 0 Å². The molecule has 3 rings (SSSR count). The van der Waals surface area contributed by atoms with E-state index in [9.17, 15) is 0 Å². The summed E-state index contributed by atoms with van der Waals surface area (Å²) in [6, 6.07) is 15.7. The van der Waals surface area contributed by atoms with E-state index in [4.69, 9.17) is 11.6 Å². The predicted molar refractivity (Wildman–Crippen MR) is 93.1 cm³/mol. The molecule has 0 aliphatic carbocycles. The summed E-state index contributed by atoms with van der Waals surface area (Å²) in [5, 5.41) is 14.9. The molecule has 0 saturated heterocycles. The number of halogens is 1. The van der Waals surface area contributed by atoms with E-state index in [1.807, 2.05) is 24.3 Å². The lowest BCUT2D eigenvalue weighted by atomic mass is 10.1. The summed E-state index contributed by atoms with van der Waals surface area (Å²) in [7, 11) is 0. The number of aromatic nitrogens is 3. The van der Waals surface area contributed by atoms with Gasteiger partial charge in [-0.15, -0.1) is 5.10 Å². The lowest BCUT2D eigenvalue weighted by Gasteiger charge is -2.08. The second-order valence-corrected chi connectivity index (χ2v) is 5.58. The molecule has 0 radical (unpaired) electrons. The minimum atomic E-state index is 0.470. The highest BCUT2D eigenvalue weighted by Gasteiger charge is 2.02. The smallest absolute Gasteiger partial charge is 0.244 e. The van der Waals surface area contributed by atoms with Gasteiger partial charge in [0.05, 0.1) is 6.20 Å². The molecule has 23 heavy (non-hydrogen) atoms. The molecular weight excluding hydrogens is 310 g/mol. The Balaban J connectivity index is 1.66. The summed E-state index contributed by atoms with van der Waals surface area (Å²) >= 11 is 5.97. The lowest BCUT2D eigenvalue weighted by molar-refractivity contribution is 0.948. The summed E-state index contributed by atoms with van der Waals surface area (Å²) in [6.45, 7) is 2.71. The van der Waals surface area contributed by atoms with Crippen molar-refractivity contribution in [2.24, 2.45) is 0 Å². The van der Waals surface area contributed by atoms with Gasteiger partial charge >= 0.3 is 0 Å². The van der Waals surface area contributed by atoms with Gasteiger partial charge in [-0.05, 0) is 30.7 Å². The van der Waals surface area contributed by atoms with Crippen molar-refractivity contribution >= 4 is 29.1 Å². The van der Waals surface area contributed by atoms with Crippen LogP contribution in [0.2, 0.25) is 5.02 Å². The van der Waals surface area contributed by atoms with Gasteiger partial charge in [-0.2, -0.15) is 10.1 Å². The molecule has 0 aliphatic heterocycles. The van der Waals surface area contributed by atoms with Crippen LogP contribution in [0, 0.1) is 6.92 Å². The third kappa shape index (κ3) is 4.40. The van der Waals surface area contributed by atoms with E-state index in [-0.39, 0.29) is 0 Å². The molecular formula is C17H16ClN5. The number of anilines is 3. The van der Waals surface area contributed by atoms with Crippen LogP contribution in [0.25, 0.3) is 0 Å². The Bertz CT molecular complexity index is 789. The van der Waals surface area contributed by atoms with Crippen molar-refractivity contribution in [2.75, 3.05) is 10.6 Å². The number of aryl methyl sites for hydroxylation is 1. The van der Waals surface area contributed by atoms with Gasteiger partial charge in [0, 0.05) is 17.3 Å². The highest BCUT2D eigenvalue weighted by molar-refractivity contribution is 6.30. The maximum atomic E-state index is 5.97. The monoisotopic (exact) mass is 325 g/mol. The molecule has 1 aromatic heterocycles. The summed E-state index contributed by atoms with van der Waals surface area (Å²) < 4.78 is 0. The van der Waals surface area contributed by atoms with E-state index < -0.39 is 0 Å². The van der Waals surface area contributed by atoms with E-state index in [1.54, 1.807) is 6.20 Å². The molecule has 0 bridgehead atoms. The molecule has 1 heterocycles. The van der Waals surface area contributed by atoms with E-state index in [0.29, 0.717) is 23.3 Å². The zero-order chi connectivity index (χ0) is 16.1. The molecule has 5 nitrogen and oxygen atoms in total. The van der Waals surface area contributed by atoms with Crippen LogP contribution < -0.4 is 10.6 Å². The van der Waals surface area contributed by atoms with Crippen LogP contribution in [0.4, 0.5) is 17.5 Å². The Kier molecular flexibility index (Phi) is 4.68. The van der Waals surface area contributed by atoms with Gasteiger partial charge in [0.25, 0.3) is 0 Å². The van der Waals surface area contributed by atoms with Gasteiger partial charge in [0.1, 0.15) is 0 Å². The molecule has 2 N–H and O–H groups in total. The molecule has 0 spiro atoms. The van der Waals surface area contributed by atoms with Crippen LogP contribution in [0.15, 0.2) is 54.7 Å². The number of hydrogen-bond donors (Lipinski definition) is 2. The molecule has 6 heteroatoms. The highest BCUT2D eigenvalue weighted by atomic mass is 35.5. The molecule has 0 amide bonds. The zero-order valence-corrected chi connectivity index (χ0v) is 13.4. The first-order chi connectivity index (χ1) is 11.2. The summed E-state index contributed by atoms with van der Waals surface area (Å²) in [4.78, 5) is 4.39. The van der Waals surface area contributed by atoms with Crippen molar-refractivity contribution in [1.29, 1.82) is 0 Å². The fraction of sp³-hybridized carbons (Fsp3) is 0.118. The van der Waals surface area contributed by atoms with E-state index >= 15 is 0 Å². The molecule has 0 saturated carbocycles. The van der Waals surface area contributed by atoms with Crippen LogP contribution in [-0.4, -0.2) is 15.2 Å². The van der Waals surface area contributed by atoms with Crippen LogP contribution in [-0.2, 0) is 6.54 Å². The molecule has 116 valence electrons. The average Bonchev–Trinajstić information content (AvgIpc) is 2.55. The summed E-state index contributed by atoms with van der Waals surface area (Å²) in [5.41, 5.74) is 3.24. The minimum Gasteiger partial charge on any atom is -0.349 e. The van der Waals surface area contributed by atoms with Gasteiger partial charge in [-0.25, -0.2) is 0 Å². The molecule has 2 aromatic carbocycles. The number of benzene rings is 2. The summed E-state index contributed by atoms with van der Waals surface area (Å²) in [6.07, 6.45) is 1.57. The Morgan fingerprint density at radius 3 is 2.70 bits per heavy atom. The quantitative estimate of drug-likeness (QED) is 0.736. The van der Waals surface area contributed by atoms with Crippen LogP contribution in [0.1, 0.15) is 11.1 Å². The Hall–Kier alpha value is -2.66. The van der Waals surface area contributed by atoms with E-state index in [0.717, 1.165) is 11.3 Å². The van der Waals surface area contributed by atoms with E-state index in [1.165, 1.54) is 5.56 Å². The van der Waals surface area contributed by atoms with Gasteiger partial charge < -0.3 is 10.6 Å². The first-order valence-corrected chi connectivity index (χ1v) is 7.58. The fourth-order valence-corrected chi connectivity index (χ4v) is 2.23. The Morgan fingerprint density at radius 1 is 1.09 bits per heavy atom.